The zero-order valence-corrected chi connectivity index (χ0v) is 22.2. The highest BCUT2D eigenvalue weighted by Crippen LogP contribution is 2.43. The molecular weight excluding hydrogens is 545 g/mol. The summed E-state index contributed by atoms with van der Waals surface area (Å²) in [6, 6.07) is 4.03. The van der Waals surface area contributed by atoms with Crippen LogP contribution in [0, 0.1) is 0 Å². The van der Waals surface area contributed by atoms with Crippen LogP contribution in [0.2, 0.25) is 0 Å². The number of hydrogen-bond acceptors (Lipinski definition) is 7. The van der Waals surface area contributed by atoms with Crippen molar-refractivity contribution in [2.24, 2.45) is 0 Å². The monoisotopic (exact) mass is 572 g/mol. The number of halogens is 6. The van der Waals surface area contributed by atoms with Crippen LogP contribution >= 0.6 is 8.58 Å². The molecule has 0 aliphatic carbocycles. The quantitative estimate of drug-likeness (QED) is 0.176. The Morgan fingerprint density at radius 2 is 1.13 bits per heavy atom. The maximum atomic E-state index is 13.7. The molecule has 212 valence electrons. The second kappa shape index (κ2) is 13.0. The molecule has 4 atom stereocenters. The van der Waals surface area contributed by atoms with E-state index >= 15 is 0 Å². The molecule has 4 unspecified atom stereocenters. The number of hydrogen-bond donors (Lipinski definition) is 0. The fraction of sp³-hybridized carbons (Fsp3) is 0.458. The van der Waals surface area contributed by atoms with Gasteiger partial charge in [-0.3, -0.25) is 4.79 Å². The zero-order chi connectivity index (χ0) is 28.8. The highest BCUT2D eigenvalue weighted by molar-refractivity contribution is 7.66. The number of alkyl halides is 6. The topological polar surface area (TPSA) is 72.5 Å². The van der Waals surface area contributed by atoms with E-state index in [1.54, 1.807) is 6.92 Å². The van der Waals surface area contributed by atoms with Gasteiger partial charge in [0.15, 0.2) is 24.4 Å². The smallest absolute Gasteiger partial charge is 0.417 e. The van der Waals surface area contributed by atoms with E-state index in [2.05, 4.69) is 0 Å². The molecule has 0 aliphatic heterocycles. The van der Waals surface area contributed by atoms with Gasteiger partial charge < -0.3 is 28.4 Å². The van der Waals surface area contributed by atoms with Crippen LogP contribution in [0.15, 0.2) is 30.3 Å². The van der Waals surface area contributed by atoms with Crippen LogP contribution in [0.4, 0.5) is 26.3 Å². The Labute approximate surface area is 217 Å². The molecule has 14 heteroatoms. The fourth-order valence-corrected chi connectivity index (χ4v) is 4.21. The van der Waals surface area contributed by atoms with E-state index in [0.717, 1.165) is 0 Å². The SMILES string of the molecule is COC(C)Oc1cc(OC(C)OC)c(PC(=O)c2c(C(F)(F)F)cccc2C(F)(F)F)c(OC(C)OC)c1. The van der Waals surface area contributed by atoms with Gasteiger partial charge in [0.2, 0.25) is 0 Å². The lowest BCUT2D eigenvalue weighted by atomic mass is 10.0. The Hall–Kier alpha value is -2.60. The molecule has 2 rings (SSSR count). The summed E-state index contributed by atoms with van der Waals surface area (Å²) in [6.45, 7) is 4.54. The molecule has 0 radical (unpaired) electrons. The predicted octanol–water partition coefficient (Wildman–Crippen LogP) is 5.98. The second-order valence-electron chi connectivity index (χ2n) is 7.74. The lowest BCUT2D eigenvalue weighted by Crippen LogP contribution is -2.24. The molecule has 0 saturated carbocycles. The average Bonchev–Trinajstić information content (AvgIpc) is 2.83. The average molecular weight is 572 g/mol. The van der Waals surface area contributed by atoms with Crippen LogP contribution in [-0.2, 0) is 26.6 Å². The van der Waals surface area contributed by atoms with Gasteiger partial charge in [0.05, 0.1) is 16.4 Å². The number of methoxy groups -OCH3 is 3. The van der Waals surface area contributed by atoms with E-state index in [0.29, 0.717) is 18.2 Å². The molecule has 0 N–H and O–H groups in total. The van der Waals surface area contributed by atoms with Crippen molar-refractivity contribution in [1.82, 2.24) is 0 Å². The maximum absolute atomic E-state index is 13.7. The lowest BCUT2D eigenvalue weighted by molar-refractivity contribution is -0.143. The van der Waals surface area contributed by atoms with E-state index in [1.165, 1.54) is 47.3 Å². The molecule has 2 aromatic carbocycles. The molecule has 7 nitrogen and oxygen atoms in total. The van der Waals surface area contributed by atoms with Crippen LogP contribution in [0.25, 0.3) is 0 Å². The molecule has 0 spiro atoms. The first-order chi connectivity index (χ1) is 17.6. The molecule has 0 saturated heterocycles. The van der Waals surface area contributed by atoms with Gasteiger partial charge in [-0.1, -0.05) is 6.07 Å². The predicted molar refractivity (Wildman–Crippen MR) is 126 cm³/mol. The van der Waals surface area contributed by atoms with Gasteiger partial charge in [-0.15, -0.1) is 0 Å². The fourth-order valence-electron chi connectivity index (χ4n) is 3.08. The van der Waals surface area contributed by atoms with Crippen molar-refractivity contribution in [2.75, 3.05) is 21.3 Å². The highest BCUT2D eigenvalue weighted by Gasteiger charge is 2.43. The highest BCUT2D eigenvalue weighted by atomic mass is 31.1. The van der Waals surface area contributed by atoms with Gasteiger partial charge in [0, 0.05) is 39.0 Å². The van der Waals surface area contributed by atoms with Crippen molar-refractivity contribution >= 4 is 19.4 Å². The Balaban J connectivity index is 2.76. The third-order valence-corrected chi connectivity index (χ3v) is 6.28. The van der Waals surface area contributed by atoms with E-state index in [1.807, 2.05) is 0 Å². The summed E-state index contributed by atoms with van der Waals surface area (Å²) in [6.07, 6.45) is -13.1. The van der Waals surface area contributed by atoms with Crippen molar-refractivity contribution in [2.45, 2.75) is 52.0 Å². The van der Waals surface area contributed by atoms with E-state index < -0.39 is 62.0 Å². The van der Waals surface area contributed by atoms with Crippen molar-refractivity contribution in [3.05, 3.63) is 47.0 Å². The first-order valence-corrected chi connectivity index (χ1v) is 12.0. The third-order valence-electron chi connectivity index (χ3n) is 5.06. The second-order valence-corrected chi connectivity index (χ2v) is 8.94. The molecule has 0 heterocycles. The number of carbonyl (C=O) groups excluding carboxylic acids is 1. The van der Waals surface area contributed by atoms with Crippen molar-refractivity contribution in [3.63, 3.8) is 0 Å². The van der Waals surface area contributed by atoms with Gasteiger partial charge in [-0.05, 0) is 41.5 Å². The van der Waals surface area contributed by atoms with Crippen LogP contribution in [-0.4, -0.2) is 45.7 Å². The molecular formula is C24H27F6O7P. The Morgan fingerprint density at radius 1 is 0.737 bits per heavy atom. The third kappa shape index (κ3) is 8.20. The molecule has 0 aromatic heterocycles. The zero-order valence-electron chi connectivity index (χ0n) is 21.2. The number of benzene rings is 2. The molecule has 0 aliphatic rings. The number of rotatable bonds is 12. The standard InChI is InChI=1S/C24H27F6O7P/c1-12(32-4)35-15-10-18(36-13(2)33-5)21(19(11-15)37-14(3)34-6)38-22(31)20-16(23(25,26)27)8-7-9-17(20)24(28,29)30/h7-14,38H,1-6H3. The van der Waals surface area contributed by atoms with Crippen molar-refractivity contribution in [3.8, 4) is 17.2 Å². The molecule has 0 fully saturated rings. The van der Waals surface area contributed by atoms with E-state index in [-0.39, 0.29) is 22.6 Å². The lowest BCUT2D eigenvalue weighted by Gasteiger charge is -2.23. The summed E-state index contributed by atoms with van der Waals surface area (Å²) in [5.74, 6) is -0.130. The van der Waals surface area contributed by atoms with E-state index in [4.69, 9.17) is 28.4 Å². The first kappa shape index (κ1) is 31.6. The Morgan fingerprint density at radius 3 is 1.50 bits per heavy atom. The largest absolute Gasteiger partial charge is 0.465 e. The number of carbonyl (C=O) groups is 1. The summed E-state index contributed by atoms with van der Waals surface area (Å²) in [4.78, 5) is 13.3. The minimum Gasteiger partial charge on any atom is -0.465 e. The molecule has 38 heavy (non-hydrogen) atoms. The van der Waals surface area contributed by atoms with Crippen LogP contribution in [0.1, 0.15) is 42.3 Å². The van der Waals surface area contributed by atoms with Gasteiger partial charge in [-0.25, -0.2) is 0 Å². The Bertz CT molecular complexity index is 1040. The summed E-state index contributed by atoms with van der Waals surface area (Å²) in [7, 11) is 2.71. The van der Waals surface area contributed by atoms with Gasteiger partial charge in [0.25, 0.3) is 0 Å². The minimum atomic E-state index is -5.22. The van der Waals surface area contributed by atoms with Gasteiger partial charge >= 0.3 is 12.4 Å². The van der Waals surface area contributed by atoms with Crippen LogP contribution in [0.3, 0.4) is 0 Å². The molecule has 0 bridgehead atoms. The van der Waals surface area contributed by atoms with Gasteiger partial charge in [0.1, 0.15) is 17.2 Å². The van der Waals surface area contributed by atoms with Crippen molar-refractivity contribution < 1.29 is 59.6 Å². The molecule has 2 aromatic rings. The normalized spacial score (nSPS) is 14.8. The van der Waals surface area contributed by atoms with Crippen LogP contribution in [0.5, 0.6) is 17.2 Å². The van der Waals surface area contributed by atoms with Gasteiger partial charge in [-0.2, -0.15) is 26.3 Å². The maximum Gasteiger partial charge on any atom is 0.417 e. The van der Waals surface area contributed by atoms with Crippen LogP contribution < -0.4 is 19.5 Å². The van der Waals surface area contributed by atoms with Crippen molar-refractivity contribution in [1.29, 1.82) is 0 Å². The number of ether oxygens (including phenoxy) is 6. The molecule has 0 amide bonds. The summed E-state index contributed by atoms with van der Waals surface area (Å²) in [5, 5.41) is -0.120. The first-order valence-electron chi connectivity index (χ1n) is 11.0. The summed E-state index contributed by atoms with van der Waals surface area (Å²) < 4.78 is 114. The van der Waals surface area contributed by atoms with E-state index in [9.17, 15) is 31.1 Å². The Kier molecular flexibility index (Phi) is 10.8. The summed E-state index contributed by atoms with van der Waals surface area (Å²) >= 11 is 0. The summed E-state index contributed by atoms with van der Waals surface area (Å²) in [5.41, 5.74) is -6.36. The minimum absolute atomic E-state index is 0.114.